The highest BCUT2D eigenvalue weighted by Gasteiger charge is 2.41. The Morgan fingerprint density at radius 1 is 1.40 bits per heavy atom. The summed E-state index contributed by atoms with van der Waals surface area (Å²) in [5.41, 5.74) is 1.90. The number of hydrogen-bond donors (Lipinski definition) is 1. The molecule has 5 nitrogen and oxygen atoms in total. The second-order valence-electron chi connectivity index (χ2n) is 5.73. The standard InChI is InChI=1S/C15H18N4O/c20-15-12-4-3-6-16-13(12)10-19(15)9-11-8-18-7-2-1-5-14(18)17-11/h1-2,5,7-8,12-13,16H,3-4,6,9-10H2. The van der Waals surface area contributed by atoms with E-state index in [1.54, 1.807) is 0 Å². The molecule has 0 aromatic carbocycles. The number of rotatable bonds is 2. The van der Waals surface area contributed by atoms with Gasteiger partial charge in [-0.2, -0.15) is 0 Å². The minimum absolute atomic E-state index is 0.181. The van der Waals surface area contributed by atoms with Crippen LogP contribution >= 0.6 is 0 Å². The van der Waals surface area contributed by atoms with Crippen LogP contribution in [0.5, 0.6) is 0 Å². The van der Waals surface area contributed by atoms with Crippen LogP contribution in [-0.4, -0.2) is 39.3 Å². The molecule has 1 N–H and O–H groups in total. The fraction of sp³-hybridized carbons (Fsp3) is 0.467. The van der Waals surface area contributed by atoms with E-state index in [-0.39, 0.29) is 5.92 Å². The number of aromatic nitrogens is 2. The van der Waals surface area contributed by atoms with Crippen molar-refractivity contribution in [2.24, 2.45) is 5.92 Å². The third-order valence-corrected chi connectivity index (χ3v) is 4.40. The van der Waals surface area contributed by atoms with Gasteiger partial charge in [-0.1, -0.05) is 6.07 Å². The molecule has 0 aliphatic carbocycles. The number of carbonyl (C=O) groups excluding carboxylic acids is 1. The van der Waals surface area contributed by atoms with Crippen LogP contribution in [0.2, 0.25) is 0 Å². The fourth-order valence-corrected chi connectivity index (χ4v) is 3.40. The maximum Gasteiger partial charge on any atom is 0.227 e. The van der Waals surface area contributed by atoms with E-state index < -0.39 is 0 Å². The van der Waals surface area contributed by atoms with E-state index in [4.69, 9.17) is 0 Å². The molecule has 20 heavy (non-hydrogen) atoms. The van der Waals surface area contributed by atoms with Gasteiger partial charge in [0.05, 0.1) is 18.2 Å². The van der Waals surface area contributed by atoms with E-state index in [2.05, 4.69) is 10.3 Å². The normalized spacial score (nSPS) is 26.2. The first-order valence-corrected chi connectivity index (χ1v) is 7.26. The first kappa shape index (κ1) is 11.9. The zero-order valence-electron chi connectivity index (χ0n) is 11.3. The van der Waals surface area contributed by atoms with E-state index in [0.29, 0.717) is 18.5 Å². The lowest BCUT2D eigenvalue weighted by Gasteiger charge is -2.23. The Balaban J connectivity index is 1.55. The summed E-state index contributed by atoms with van der Waals surface area (Å²) in [4.78, 5) is 18.9. The Hall–Kier alpha value is -1.88. The SMILES string of the molecule is O=C1C2CCCNC2CN1Cc1cn2ccccc2n1. The predicted octanol–water partition coefficient (Wildman–Crippen LogP) is 1.04. The molecule has 2 aliphatic rings. The van der Waals surface area contributed by atoms with Gasteiger partial charge in [0.1, 0.15) is 5.65 Å². The number of fused-ring (bicyclic) bond motifs is 2. The Morgan fingerprint density at radius 2 is 2.35 bits per heavy atom. The zero-order valence-corrected chi connectivity index (χ0v) is 11.3. The highest BCUT2D eigenvalue weighted by molar-refractivity contribution is 5.82. The van der Waals surface area contributed by atoms with Gasteiger partial charge in [0.2, 0.25) is 5.91 Å². The molecule has 2 fully saturated rings. The van der Waals surface area contributed by atoms with Crippen LogP contribution in [0.4, 0.5) is 0 Å². The van der Waals surface area contributed by atoms with Crippen molar-refractivity contribution in [2.75, 3.05) is 13.1 Å². The van der Waals surface area contributed by atoms with Crippen molar-refractivity contribution in [3.05, 3.63) is 36.3 Å². The number of likely N-dealkylation sites (tertiary alicyclic amines) is 1. The van der Waals surface area contributed by atoms with Gasteiger partial charge in [0.25, 0.3) is 0 Å². The van der Waals surface area contributed by atoms with E-state index in [9.17, 15) is 4.79 Å². The monoisotopic (exact) mass is 270 g/mol. The molecule has 2 aromatic heterocycles. The molecule has 0 bridgehead atoms. The van der Waals surface area contributed by atoms with Crippen LogP contribution in [0, 0.1) is 5.92 Å². The predicted molar refractivity (Wildman–Crippen MR) is 75.1 cm³/mol. The van der Waals surface area contributed by atoms with Crippen LogP contribution < -0.4 is 5.32 Å². The number of piperidine rings is 1. The molecular formula is C15H18N4O. The van der Waals surface area contributed by atoms with Gasteiger partial charge >= 0.3 is 0 Å². The lowest BCUT2D eigenvalue weighted by Crippen LogP contribution is -2.41. The van der Waals surface area contributed by atoms with Crippen LogP contribution in [-0.2, 0) is 11.3 Å². The molecule has 0 radical (unpaired) electrons. The molecule has 2 atom stereocenters. The van der Waals surface area contributed by atoms with Gasteiger partial charge in [0, 0.05) is 25.0 Å². The summed E-state index contributed by atoms with van der Waals surface area (Å²) >= 11 is 0. The van der Waals surface area contributed by atoms with Gasteiger partial charge in [0.15, 0.2) is 0 Å². The Labute approximate surface area is 117 Å². The summed E-state index contributed by atoms with van der Waals surface area (Å²) in [6.45, 7) is 2.48. The number of hydrogen-bond acceptors (Lipinski definition) is 3. The zero-order chi connectivity index (χ0) is 13.5. The molecule has 2 saturated heterocycles. The van der Waals surface area contributed by atoms with Gasteiger partial charge < -0.3 is 14.6 Å². The number of carbonyl (C=O) groups is 1. The van der Waals surface area contributed by atoms with Crippen LogP contribution in [0.25, 0.3) is 5.65 Å². The summed E-state index contributed by atoms with van der Waals surface area (Å²) in [6.07, 6.45) is 6.13. The fourth-order valence-electron chi connectivity index (χ4n) is 3.40. The number of nitrogens with one attached hydrogen (secondary N) is 1. The van der Waals surface area contributed by atoms with E-state index >= 15 is 0 Å². The van der Waals surface area contributed by atoms with Crippen molar-refractivity contribution in [3.8, 4) is 0 Å². The highest BCUT2D eigenvalue weighted by atomic mass is 16.2. The van der Waals surface area contributed by atoms with Gasteiger partial charge in [-0.15, -0.1) is 0 Å². The third-order valence-electron chi connectivity index (χ3n) is 4.40. The third kappa shape index (κ3) is 1.89. The lowest BCUT2D eigenvalue weighted by atomic mass is 9.94. The maximum atomic E-state index is 12.4. The van der Waals surface area contributed by atoms with Gasteiger partial charge in [-0.05, 0) is 31.5 Å². The van der Waals surface area contributed by atoms with E-state index in [1.165, 1.54) is 0 Å². The number of pyridine rings is 1. The first-order chi connectivity index (χ1) is 9.81. The molecule has 4 heterocycles. The van der Waals surface area contributed by atoms with E-state index in [0.717, 1.165) is 37.3 Å². The summed E-state index contributed by atoms with van der Waals surface area (Å²) < 4.78 is 2.00. The molecule has 1 amide bonds. The van der Waals surface area contributed by atoms with Crippen molar-refractivity contribution in [1.82, 2.24) is 19.6 Å². The average molecular weight is 270 g/mol. The molecule has 0 saturated carbocycles. The van der Waals surface area contributed by atoms with Crippen molar-refractivity contribution in [3.63, 3.8) is 0 Å². The molecule has 4 rings (SSSR count). The van der Waals surface area contributed by atoms with Gasteiger partial charge in [-0.3, -0.25) is 4.79 Å². The molecule has 5 heteroatoms. The first-order valence-electron chi connectivity index (χ1n) is 7.26. The van der Waals surface area contributed by atoms with Crippen molar-refractivity contribution >= 4 is 11.6 Å². The van der Waals surface area contributed by atoms with Crippen molar-refractivity contribution in [2.45, 2.75) is 25.4 Å². The summed E-state index contributed by atoms with van der Waals surface area (Å²) in [5.74, 6) is 0.472. The molecule has 2 aliphatic heterocycles. The smallest absolute Gasteiger partial charge is 0.227 e. The number of imidazole rings is 1. The Bertz CT molecular complexity index is 617. The van der Waals surface area contributed by atoms with Crippen LogP contribution in [0.1, 0.15) is 18.5 Å². The quantitative estimate of drug-likeness (QED) is 0.887. The molecule has 0 spiro atoms. The maximum absolute atomic E-state index is 12.4. The van der Waals surface area contributed by atoms with Crippen LogP contribution in [0.15, 0.2) is 30.6 Å². The molecular weight excluding hydrogens is 252 g/mol. The molecule has 2 unspecified atom stereocenters. The summed E-state index contributed by atoms with van der Waals surface area (Å²) in [6, 6.07) is 6.29. The Morgan fingerprint density at radius 3 is 3.20 bits per heavy atom. The topological polar surface area (TPSA) is 49.6 Å². The van der Waals surface area contributed by atoms with Gasteiger partial charge in [-0.25, -0.2) is 4.98 Å². The van der Waals surface area contributed by atoms with Crippen molar-refractivity contribution < 1.29 is 4.79 Å². The minimum Gasteiger partial charge on any atom is -0.335 e. The lowest BCUT2D eigenvalue weighted by molar-refractivity contribution is -0.132. The molecule has 104 valence electrons. The molecule has 2 aromatic rings. The second-order valence-corrected chi connectivity index (χ2v) is 5.73. The largest absolute Gasteiger partial charge is 0.335 e. The van der Waals surface area contributed by atoms with E-state index in [1.807, 2.05) is 39.9 Å². The van der Waals surface area contributed by atoms with Crippen LogP contribution in [0.3, 0.4) is 0 Å². The average Bonchev–Trinajstić information content (AvgIpc) is 3.01. The Kier molecular flexibility index (Phi) is 2.73. The summed E-state index contributed by atoms with van der Waals surface area (Å²) in [7, 11) is 0. The summed E-state index contributed by atoms with van der Waals surface area (Å²) in [5, 5.41) is 3.47. The number of amides is 1. The van der Waals surface area contributed by atoms with Crippen molar-refractivity contribution in [1.29, 1.82) is 0 Å². The number of nitrogens with zero attached hydrogens (tertiary/aromatic N) is 3. The minimum atomic E-state index is 0.181. The second kappa shape index (κ2) is 4.59. The highest BCUT2D eigenvalue weighted by Crippen LogP contribution is 2.27.